The predicted molar refractivity (Wildman–Crippen MR) is 69.7 cm³/mol. The lowest BCUT2D eigenvalue weighted by molar-refractivity contribution is -0.385. The zero-order valence-corrected chi connectivity index (χ0v) is 10.5. The molecule has 0 aliphatic rings. The van der Waals surface area contributed by atoms with Gasteiger partial charge in [0.1, 0.15) is 17.9 Å². The van der Waals surface area contributed by atoms with E-state index in [0.717, 1.165) is 18.2 Å². The molecule has 0 radical (unpaired) electrons. The number of ether oxygens (including phenoxy) is 1. The van der Waals surface area contributed by atoms with Gasteiger partial charge in [0.2, 0.25) is 5.75 Å². The fourth-order valence-corrected chi connectivity index (χ4v) is 1.70. The van der Waals surface area contributed by atoms with Crippen molar-refractivity contribution in [3.8, 4) is 11.5 Å². The zero-order valence-electron chi connectivity index (χ0n) is 10.5. The van der Waals surface area contributed by atoms with Crippen LogP contribution in [0.25, 0.3) is 0 Å². The lowest BCUT2D eigenvalue weighted by Crippen LogP contribution is -1.96. The summed E-state index contributed by atoms with van der Waals surface area (Å²) in [5.74, 6) is -0.492. The fourth-order valence-electron chi connectivity index (χ4n) is 1.70. The van der Waals surface area contributed by atoms with Gasteiger partial charge in [-0.15, -0.1) is 0 Å². The van der Waals surface area contributed by atoms with E-state index in [1.165, 1.54) is 12.1 Å². The Hall–Kier alpha value is -2.76. The molecule has 0 atom stereocenters. The van der Waals surface area contributed by atoms with Crippen molar-refractivity contribution in [1.29, 1.82) is 0 Å². The average molecular weight is 275 g/mol. The van der Waals surface area contributed by atoms with Crippen molar-refractivity contribution in [1.82, 2.24) is 0 Å². The highest BCUT2D eigenvalue weighted by molar-refractivity contribution is 5.75. The van der Waals surface area contributed by atoms with Gasteiger partial charge in [-0.1, -0.05) is 0 Å². The summed E-state index contributed by atoms with van der Waals surface area (Å²) in [4.78, 5) is 20.9. The van der Waals surface area contributed by atoms with E-state index in [2.05, 4.69) is 0 Å². The molecule has 0 heterocycles. The molecule has 0 aromatic heterocycles. The summed E-state index contributed by atoms with van der Waals surface area (Å²) in [6.45, 7) is 1.69. The van der Waals surface area contributed by atoms with Gasteiger partial charge in [0.25, 0.3) is 0 Å². The van der Waals surface area contributed by atoms with Crippen LogP contribution < -0.4 is 4.74 Å². The molecule has 6 heteroatoms. The van der Waals surface area contributed by atoms with E-state index in [-0.39, 0.29) is 11.4 Å². The van der Waals surface area contributed by atoms with Crippen LogP contribution in [0.4, 0.5) is 10.1 Å². The van der Waals surface area contributed by atoms with Crippen LogP contribution >= 0.6 is 0 Å². The number of nitro benzene ring substituents is 1. The Morgan fingerprint density at radius 3 is 2.55 bits per heavy atom. The molecule has 0 saturated carbocycles. The number of hydrogen-bond acceptors (Lipinski definition) is 4. The smallest absolute Gasteiger partial charge is 0.311 e. The molecule has 2 aromatic carbocycles. The molecule has 0 saturated heterocycles. The van der Waals surface area contributed by atoms with Crippen LogP contribution in [0.5, 0.6) is 11.5 Å². The van der Waals surface area contributed by atoms with Crippen molar-refractivity contribution in [2.24, 2.45) is 0 Å². The highest BCUT2D eigenvalue weighted by Gasteiger charge is 2.17. The first-order valence-electron chi connectivity index (χ1n) is 5.69. The average Bonchev–Trinajstić information content (AvgIpc) is 2.40. The summed E-state index contributed by atoms with van der Waals surface area (Å²) in [7, 11) is 0. The Kier molecular flexibility index (Phi) is 3.74. The predicted octanol–water partition coefficient (Wildman–Crippen LogP) is 3.65. The summed E-state index contributed by atoms with van der Waals surface area (Å²) in [6, 6.07) is 7.58. The van der Waals surface area contributed by atoms with Crippen LogP contribution in [0.15, 0.2) is 36.4 Å². The minimum atomic E-state index is -0.649. The number of nitrogens with zero attached hydrogens (tertiary/aromatic N) is 1. The second-order valence-electron chi connectivity index (χ2n) is 4.11. The Bertz CT molecular complexity index is 685. The van der Waals surface area contributed by atoms with E-state index in [4.69, 9.17) is 4.74 Å². The van der Waals surface area contributed by atoms with E-state index in [9.17, 15) is 19.3 Å². The first-order chi connectivity index (χ1) is 9.51. The molecule has 102 valence electrons. The Balaban J connectivity index is 2.41. The maximum Gasteiger partial charge on any atom is 0.311 e. The zero-order chi connectivity index (χ0) is 14.7. The van der Waals surface area contributed by atoms with Gasteiger partial charge in [-0.05, 0) is 36.8 Å². The molecule has 5 nitrogen and oxygen atoms in total. The summed E-state index contributed by atoms with van der Waals surface area (Å²) >= 11 is 0. The van der Waals surface area contributed by atoms with Gasteiger partial charge >= 0.3 is 5.69 Å². The summed E-state index contributed by atoms with van der Waals surface area (Å²) < 4.78 is 18.6. The maximum absolute atomic E-state index is 13.2. The molecular weight excluding hydrogens is 265 g/mol. The molecule has 0 N–H and O–H groups in total. The largest absolute Gasteiger partial charge is 0.450 e. The first-order valence-corrected chi connectivity index (χ1v) is 5.69. The summed E-state index contributed by atoms with van der Waals surface area (Å²) in [5.41, 5.74) is 0.752. The number of carbonyl (C=O) groups is 1. The van der Waals surface area contributed by atoms with Gasteiger partial charge in [-0.3, -0.25) is 14.9 Å². The van der Waals surface area contributed by atoms with E-state index < -0.39 is 10.7 Å². The normalized spacial score (nSPS) is 10.1. The van der Waals surface area contributed by atoms with E-state index in [1.807, 2.05) is 0 Å². The van der Waals surface area contributed by atoms with Crippen LogP contribution in [0.3, 0.4) is 0 Å². The number of benzene rings is 2. The van der Waals surface area contributed by atoms with E-state index >= 15 is 0 Å². The van der Waals surface area contributed by atoms with E-state index in [1.54, 1.807) is 13.0 Å². The monoisotopic (exact) mass is 275 g/mol. The number of nitro groups is 1. The minimum absolute atomic E-state index is 0.183. The highest BCUT2D eigenvalue weighted by atomic mass is 19.1. The lowest BCUT2D eigenvalue weighted by Gasteiger charge is -2.09. The van der Waals surface area contributed by atoms with Crippen molar-refractivity contribution in [2.45, 2.75) is 6.92 Å². The molecule has 2 rings (SSSR count). The second kappa shape index (κ2) is 5.48. The quantitative estimate of drug-likeness (QED) is 0.485. The fraction of sp³-hybridized carbons (Fsp3) is 0.0714. The van der Waals surface area contributed by atoms with Crippen LogP contribution in [0.1, 0.15) is 15.9 Å². The molecule has 0 fully saturated rings. The highest BCUT2D eigenvalue weighted by Crippen LogP contribution is 2.33. The molecule has 0 spiro atoms. The van der Waals surface area contributed by atoms with Crippen molar-refractivity contribution in [3.63, 3.8) is 0 Å². The number of carbonyl (C=O) groups excluding carboxylic acids is 1. The van der Waals surface area contributed by atoms with Gasteiger partial charge < -0.3 is 4.74 Å². The number of aryl methyl sites for hydroxylation is 1. The number of aldehydes is 1. The van der Waals surface area contributed by atoms with E-state index in [0.29, 0.717) is 23.2 Å². The minimum Gasteiger partial charge on any atom is -0.450 e. The van der Waals surface area contributed by atoms with Crippen LogP contribution in [0, 0.1) is 22.9 Å². The summed E-state index contributed by atoms with van der Waals surface area (Å²) in [6.07, 6.45) is 0.682. The Morgan fingerprint density at radius 2 is 1.95 bits per heavy atom. The van der Waals surface area contributed by atoms with Crippen molar-refractivity contribution in [3.05, 3.63) is 63.5 Å². The Morgan fingerprint density at radius 1 is 1.20 bits per heavy atom. The van der Waals surface area contributed by atoms with Crippen LogP contribution in [-0.2, 0) is 0 Å². The van der Waals surface area contributed by atoms with Crippen molar-refractivity contribution in [2.75, 3.05) is 0 Å². The van der Waals surface area contributed by atoms with Gasteiger partial charge in [0.15, 0.2) is 0 Å². The molecule has 0 amide bonds. The molecular formula is C14H10FNO4. The third kappa shape index (κ3) is 2.80. The topological polar surface area (TPSA) is 69.4 Å². The maximum atomic E-state index is 13.2. The standard InChI is InChI=1S/C14H10FNO4/c1-9-6-10(8-17)2-5-13(9)20-14-7-11(15)3-4-12(14)16(18)19/h2-8H,1H3. The molecule has 0 aliphatic carbocycles. The SMILES string of the molecule is Cc1cc(C=O)ccc1Oc1cc(F)ccc1[N+](=O)[O-]. The number of halogens is 1. The second-order valence-corrected chi connectivity index (χ2v) is 4.11. The van der Waals surface area contributed by atoms with Crippen LogP contribution in [-0.4, -0.2) is 11.2 Å². The molecule has 20 heavy (non-hydrogen) atoms. The van der Waals surface area contributed by atoms with Crippen LogP contribution in [0.2, 0.25) is 0 Å². The molecule has 0 bridgehead atoms. The van der Waals surface area contributed by atoms with Crippen molar-refractivity contribution < 1.29 is 18.8 Å². The summed E-state index contributed by atoms with van der Waals surface area (Å²) in [5, 5.41) is 10.9. The van der Waals surface area contributed by atoms with Crippen molar-refractivity contribution >= 4 is 12.0 Å². The van der Waals surface area contributed by atoms with Gasteiger partial charge in [0.05, 0.1) is 4.92 Å². The molecule has 0 unspecified atom stereocenters. The third-order valence-corrected chi connectivity index (χ3v) is 2.67. The lowest BCUT2D eigenvalue weighted by atomic mass is 10.1. The molecule has 2 aromatic rings. The Labute approximate surface area is 113 Å². The van der Waals surface area contributed by atoms with Gasteiger partial charge in [0, 0.05) is 17.7 Å². The third-order valence-electron chi connectivity index (χ3n) is 2.67. The van der Waals surface area contributed by atoms with Gasteiger partial charge in [-0.2, -0.15) is 0 Å². The van der Waals surface area contributed by atoms with Gasteiger partial charge in [-0.25, -0.2) is 4.39 Å². The number of hydrogen-bond donors (Lipinski definition) is 0. The first kappa shape index (κ1) is 13.7. The number of rotatable bonds is 4. The molecule has 0 aliphatic heterocycles.